The van der Waals surface area contributed by atoms with E-state index in [1.165, 1.54) is 4.88 Å². The van der Waals surface area contributed by atoms with Crippen molar-refractivity contribution in [3.8, 4) is 0 Å². The summed E-state index contributed by atoms with van der Waals surface area (Å²) >= 11 is 5.34. The van der Waals surface area contributed by atoms with Crippen LogP contribution >= 0.6 is 27.3 Å². The van der Waals surface area contributed by atoms with Crippen molar-refractivity contribution < 1.29 is 9.90 Å². The van der Waals surface area contributed by atoms with Crippen LogP contribution < -0.4 is 0 Å². The number of imidazole rings is 1. The fourth-order valence-corrected chi connectivity index (χ4v) is 5.09. The number of aromatic nitrogens is 2. The molecule has 1 fully saturated rings. The molecule has 0 aliphatic heterocycles. The maximum absolute atomic E-state index is 11.3. The Morgan fingerprint density at radius 3 is 3.00 bits per heavy atom. The van der Waals surface area contributed by atoms with Gasteiger partial charge in [0.2, 0.25) is 0 Å². The normalized spacial score (nSPS) is 23.9. The van der Waals surface area contributed by atoms with Crippen molar-refractivity contribution in [2.45, 2.75) is 31.7 Å². The van der Waals surface area contributed by atoms with E-state index in [1.807, 2.05) is 12.5 Å². The van der Waals surface area contributed by atoms with Gasteiger partial charge < -0.3 is 9.67 Å². The molecule has 1 saturated carbocycles. The Morgan fingerprint density at radius 2 is 2.38 bits per heavy atom. The molecule has 3 rings (SSSR count). The number of carboxylic acids is 1. The van der Waals surface area contributed by atoms with E-state index in [0.717, 1.165) is 30.2 Å². The highest BCUT2D eigenvalue weighted by molar-refractivity contribution is 9.10. The number of hydrogen-bond donors (Lipinski definition) is 1. The molecule has 1 aliphatic carbocycles. The largest absolute Gasteiger partial charge is 0.481 e. The summed E-state index contributed by atoms with van der Waals surface area (Å²) < 4.78 is 3.22. The minimum Gasteiger partial charge on any atom is -0.481 e. The number of nitrogens with zero attached hydrogens (tertiary/aromatic N) is 2. The van der Waals surface area contributed by atoms with Gasteiger partial charge in [0.15, 0.2) is 0 Å². The highest BCUT2D eigenvalue weighted by atomic mass is 79.9. The van der Waals surface area contributed by atoms with Gasteiger partial charge in [-0.3, -0.25) is 4.79 Å². The quantitative estimate of drug-likeness (QED) is 0.879. The van der Waals surface area contributed by atoms with E-state index in [-0.39, 0.29) is 12.0 Å². The van der Waals surface area contributed by atoms with Crippen LogP contribution in [0.1, 0.15) is 36.6 Å². The molecule has 21 heavy (non-hydrogen) atoms. The molecule has 3 atom stereocenters. The molecule has 0 radical (unpaired) electrons. The second-order valence-corrected chi connectivity index (χ2v) is 7.35. The lowest BCUT2D eigenvalue weighted by molar-refractivity contribution is -0.143. The molecule has 1 N–H and O–H groups in total. The summed E-state index contributed by atoms with van der Waals surface area (Å²) in [6.45, 7) is 0. The Kier molecular flexibility index (Phi) is 4.45. The van der Waals surface area contributed by atoms with Crippen molar-refractivity contribution in [1.82, 2.24) is 9.55 Å². The maximum atomic E-state index is 11.3. The molecule has 0 bridgehead atoms. The van der Waals surface area contributed by atoms with E-state index >= 15 is 0 Å². The van der Waals surface area contributed by atoms with Gasteiger partial charge in [-0.05, 0) is 52.6 Å². The number of aliphatic carboxylic acids is 1. The van der Waals surface area contributed by atoms with Crippen LogP contribution in [0.5, 0.6) is 0 Å². The molecule has 3 unspecified atom stereocenters. The molecule has 6 heteroatoms. The average molecular weight is 369 g/mol. The van der Waals surface area contributed by atoms with E-state index < -0.39 is 5.97 Å². The van der Waals surface area contributed by atoms with Gasteiger partial charge in [-0.25, -0.2) is 4.98 Å². The highest BCUT2D eigenvalue weighted by Crippen LogP contribution is 2.43. The molecule has 1 aliphatic rings. The molecule has 0 amide bonds. The Morgan fingerprint density at radius 1 is 1.52 bits per heavy atom. The number of rotatable bonds is 4. The smallest absolute Gasteiger partial charge is 0.306 e. The van der Waals surface area contributed by atoms with Gasteiger partial charge in [0.25, 0.3) is 0 Å². The number of carbonyl (C=O) groups is 1. The lowest BCUT2D eigenvalue weighted by Crippen LogP contribution is -2.28. The van der Waals surface area contributed by atoms with Gasteiger partial charge in [-0.2, -0.15) is 0 Å². The molecule has 2 aromatic heterocycles. The lowest BCUT2D eigenvalue weighted by atomic mass is 9.77. The molecular formula is C15H17BrN2O2S. The van der Waals surface area contributed by atoms with Crippen LogP contribution in [0.4, 0.5) is 0 Å². The Hall–Kier alpha value is -1.14. The molecule has 2 heterocycles. The molecular weight excluding hydrogens is 352 g/mol. The van der Waals surface area contributed by atoms with Crippen LogP contribution in [0, 0.1) is 11.8 Å². The lowest BCUT2D eigenvalue weighted by Gasteiger charge is -2.33. The Balaban J connectivity index is 1.93. The minimum absolute atomic E-state index is 0.170. The zero-order valence-electron chi connectivity index (χ0n) is 11.5. The van der Waals surface area contributed by atoms with Gasteiger partial charge in [0.05, 0.1) is 18.3 Å². The summed E-state index contributed by atoms with van der Waals surface area (Å²) in [5, 5.41) is 11.4. The van der Waals surface area contributed by atoms with Crippen LogP contribution in [-0.4, -0.2) is 20.6 Å². The number of carboxylic acid groups (broad SMARTS) is 1. The van der Waals surface area contributed by atoms with E-state index in [4.69, 9.17) is 0 Å². The second-order valence-electron chi connectivity index (χ2n) is 5.55. The first-order valence-electron chi connectivity index (χ1n) is 7.10. The van der Waals surface area contributed by atoms with Crippen LogP contribution in [0.2, 0.25) is 0 Å². The van der Waals surface area contributed by atoms with Crippen LogP contribution in [0.25, 0.3) is 0 Å². The molecule has 2 aromatic rings. The van der Waals surface area contributed by atoms with E-state index in [2.05, 4.69) is 36.9 Å². The summed E-state index contributed by atoms with van der Waals surface area (Å²) in [7, 11) is 0. The Bertz CT molecular complexity index is 611. The second kappa shape index (κ2) is 6.32. The van der Waals surface area contributed by atoms with Crippen molar-refractivity contribution in [2.75, 3.05) is 0 Å². The van der Waals surface area contributed by atoms with Crippen LogP contribution in [-0.2, 0) is 4.79 Å². The summed E-state index contributed by atoms with van der Waals surface area (Å²) in [6, 6.07) is 2.23. The molecule has 0 saturated heterocycles. The summed E-state index contributed by atoms with van der Waals surface area (Å²) in [6.07, 6.45) is 9.18. The zero-order valence-corrected chi connectivity index (χ0v) is 13.9. The fourth-order valence-electron chi connectivity index (χ4n) is 3.28. The third-order valence-corrected chi connectivity index (χ3v) is 6.21. The van der Waals surface area contributed by atoms with Gasteiger partial charge in [-0.15, -0.1) is 11.3 Å². The summed E-state index contributed by atoms with van der Waals surface area (Å²) in [5.41, 5.74) is 0. The zero-order chi connectivity index (χ0) is 14.8. The van der Waals surface area contributed by atoms with Gasteiger partial charge in [0, 0.05) is 21.7 Å². The first kappa shape index (κ1) is 14.8. The van der Waals surface area contributed by atoms with Gasteiger partial charge >= 0.3 is 5.97 Å². The average Bonchev–Trinajstić information content (AvgIpc) is 3.13. The number of hydrogen-bond acceptors (Lipinski definition) is 3. The van der Waals surface area contributed by atoms with E-state index in [1.54, 1.807) is 17.5 Å². The first-order chi connectivity index (χ1) is 10.2. The van der Waals surface area contributed by atoms with E-state index in [9.17, 15) is 9.90 Å². The highest BCUT2D eigenvalue weighted by Gasteiger charge is 2.34. The van der Waals surface area contributed by atoms with Crippen molar-refractivity contribution in [1.29, 1.82) is 0 Å². The number of halogens is 1. The van der Waals surface area contributed by atoms with Gasteiger partial charge in [-0.1, -0.05) is 6.42 Å². The van der Waals surface area contributed by atoms with Gasteiger partial charge in [0.1, 0.15) is 0 Å². The van der Waals surface area contributed by atoms with Crippen molar-refractivity contribution in [2.24, 2.45) is 11.8 Å². The van der Waals surface area contributed by atoms with Crippen LogP contribution in [0.3, 0.4) is 0 Å². The monoisotopic (exact) mass is 368 g/mol. The SMILES string of the molecule is O=C(O)C1CCCC(C(c2sccc2Br)n2ccnc2)C1. The van der Waals surface area contributed by atoms with Crippen LogP contribution in [0.15, 0.2) is 34.6 Å². The predicted molar refractivity (Wildman–Crippen MR) is 85.5 cm³/mol. The predicted octanol–water partition coefficient (Wildman–Crippen LogP) is 4.19. The van der Waals surface area contributed by atoms with Crippen molar-refractivity contribution >= 4 is 33.2 Å². The summed E-state index contributed by atoms with van der Waals surface area (Å²) in [5.74, 6) is -0.535. The molecule has 4 nitrogen and oxygen atoms in total. The van der Waals surface area contributed by atoms with E-state index in [0.29, 0.717) is 5.92 Å². The topological polar surface area (TPSA) is 55.1 Å². The third-order valence-electron chi connectivity index (χ3n) is 4.27. The maximum Gasteiger partial charge on any atom is 0.306 e. The fraction of sp³-hybridized carbons (Fsp3) is 0.467. The molecule has 0 spiro atoms. The minimum atomic E-state index is -0.658. The van der Waals surface area contributed by atoms with Crippen molar-refractivity contribution in [3.05, 3.63) is 39.5 Å². The summed E-state index contributed by atoms with van der Waals surface area (Å²) in [4.78, 5) is 16.8. The molecule has 112 valence electrons. The third kappa shape index (κ3) is 3.06. The first-order valence-corrected chi connectivity index (χ1v) is 8.77. The number of thiophene rings is 1. The molecule has 0 aromatic carbocycles. The van der Waals surface area contributed by atoms with Crippen molar-refractivity contribution in [3.63, 3.8) is 0 Å². The standard InChI is InChI=1S/C15H17BrN2O2S/c16-12-4-7-21-14(12)13(18-6-5-17-9-18)10-2-1-3-11(8-10)15(19)20/h4-7,9-11,13H,1-3,8H2,(H,19,20). The Labute approximate surface area is 136 Å².